The average Bonchev–Trinajstić information content (AvgIpc) is 2.99. The first-order valence-corrected chi connectivity index (χ1v) is 7.40. The third-order valence-corrected chi connectivity index (χ3v) is 3.61. The Labute approximate surface area is 152 Å². The van der Waals surface area contributed by atoms with Gasteiger partial charge in [-0.1, -0.05) is 5.16 Å². The summed E-state index contributed by atoms with van der Waals surface area (Å²) in [4.78, 5) is 12.7. The molecule has 0 aliphatic heterocycles. The van der Waals surface area contributed by atoms with Gasteiger partial charge in [0.25, 0.3) is 5.88 Å². The first kappa shape index (κ1) is 19.4. The lowest BCUT2D eigenvalue weighted by Gasteiger charge is -2.13. The third-order valence-electron chi connectivity index (χ3n) is 3.61. The molecular weight excluding hydrogens is 394 g/mol. The van der Waals surface area contributed by atoms with Gasteiger partial charge in [-0.05, 0) is 18.2 Å². The van der Waals surface area contributed by atoms with Crippen molar-refractivity contribution in [3.8, 4) is 5.88 Å². The highest BCUT2D eigenvalue weighted by atomic mass is 19.4. The first-order chi connectivity index (χ1) is 13.0. The summed E-state index contributed by atoms with van der Waals surface area (Å²) in [5, 5.41) is 7.65. The Kier molecular flexibility index (Phi) is 4.61. The largest absolute Gasteiger partial charge is 0.416 e. The molecule has 0 spiro atoms. The molecule has 0 fully saturated rings. The minimum absolute atomic E-state index is 0.0127. The number of nitrogens with two attached hydrogens (primary N) is 1. The molecule has 2 aromatic heterocycles. The molecule has 1 aromatic carbocycles. The van der Waals surface area contributed by atoms with Crippen molar-refractivity contribution >= 4 is 16.9 Å². The predicted octanol–water partition coefficient (Wildman–Crippen LogP) is 3.10. The molecule has 0 aliphatic carbocycles. The molecule has 2 heterocycles. The van der Waals surface area contributed by atoms with Gasteiger partial charge >= 0.3 is 12.4 Å². The maximum atomic E-state index is 12.9. The van der Waals surface area contributed by atoms with Crippen molar-refractivity contribution < 1.29 is 31.2 Å². The Morgan fingerprint density at radius 3 is 2.21 bits per heavy atom. The topological polar surface area (TPSA) is 91.2 Å². The zero-order valence-electron chi connectivity index (χ0n) is 13.9. The van der Waals surface area contributed by atoms with Crippen LogP contribution in [0, 0.1) is 0 Å². The van der Waals surface area contributed by atoms with E-state index in [1.165, 1.54) is 10.9 Å². The van der Waals surface area contributed by atoms with E-state index in [2.05, 4.69) is 20.2 Å². The van der Waals surface area contributed by atoms with Crippen LogP contribution < -0.4 is 10.6 Å². The zero-order chi connectivity index (χ0) is 20.7. The SMILES string of the molecule is Cn1ncc2c(O/N=C(/N)c3cc(C(F)(F)F)cc(C(F)(F)F)c3)ncnc21. The lowest BCUT2D eigenvalue weighted by atomic mass is 10.0. The molecule has 3 aromatic rings. The first-order valence-electron chi connectivity index (χ1n) is 7.40. The smallest absolute Gasteiger partial charge is 0.380 e. The monoisotopic (exact) mass is 404 g/mol. The van der Waals surface area contributed by atoms with E-state index in [0.717, 1.165) is 6.33 Å². The number of amidine groups is 1. The summed E-state index contributed by atoms with van der Waals surface area (Å²) in [7, 11) is 1.60. The number of fused-ring (bicyclic) bond motifs is 1. The number of hydrogen-bond acceptors (Lipinski definition) is 5. The summed E-state index contributed by atoms with van der Waals surface area (Å²) < 4.78 is 78.9. The Bertz CT molecular complexity index is 1020. The summed E-state index contributed by atoms with van der Waals surface area (Å²) in [6, 6.07) is 0.870. The van der Waals surface area contributed by atoms with Crippen molar-refractivity contribution in [2.45, 2.75) is 12.4 Å². The van der Waals surface area contributed by atoms with E-state index in [0.29, 0.717) is 23.2 Å². The normalized spacial score (nSPS) is 13.2. The molecule has 0 saturated heterocycles. The summed E-state index contributed by atoms with van der Waals surface area (Å²) in [5.41, 5.74) is 2.26. The van der Waals surface area contributed by atoms with Gasteiger partial charge in [0.2, 0.25) is 0 Å². The third kappa shape index (κ3) is 3.82. The van der Waals surface area contributed by atoms with Gasteiger partial charge < -0.3 is 10.6 Å². The number of rotatable bonds is 3. The van der Waals surface area contributed by atoms with E-state index < -0.39 is 34.9 Å². The van der Waals surface area contributed by atoms with Gasteiger partial charge in [0.15, 0.2) is 11.5 Å². The lowest BCUT2D eigenvalue weighted by molar-refractivity contribution is -0.143. The van der Waals surface area contributed by atoms with Crippen molar-refractivity contribution in [3.63, 3.8) is 0 Å². The van der Waals surface area contributed by atoms with Gasteiger partial charge in [0.05, 0.1) is 17.3 Å². The molecule has 0 atom stereocenters. The van der Waals surface area contributed by atoms with Crippen molar-refractivity contribution in [1.82, 2.24) is 19.7 Å². The second kappa shape index (κ2) is 6.65. The maximum absolute atomic E-state index is 12.9. The standard InChI is InChI=1S/C15H10F6N6O/c1-27-12-10(5-25-27)13(24-6-23-12)28-26-11(22)7-2-8(14(16,17)18)4-9(3-7)15(19,20)21/h2-6H,1H3,(H2,22,26). The molecule has 28 heavy (non-hydrogen) atoms. The Hall–Kier alpha value is -3.38. The number of alkyl halides is 6. The molecule has 7 nitrogen and oxygen atoms in total. The number of oxime groups is 1. The van der Waals surface area contributed by atoms with E-state index in [1.54, 1.807) is 7.05 Å². The highest BCUT2D eigenvalue weighted by Gasteiger charge is 2.37. The highest BCUT2D eigenvalue weighted by Crippen LogP contribution is 2.36. The predicted molar refractivity (Wildman–Crippen MR) is 84.1 cm³/mol. The van der Waals surface area contributed by atoms with Crippen LogP contribution in [0.2, 0.25) is 0 Å². The van der Waals surface area contributed by atoms with Crippen LogP contribution in [0.15, 0.2) is 35.9 Å². The van der Waals surface area contributed by atoms with Gasteiger partial charge in [0.1, 0.15) is 11.7 Å². The van der Waals surface area contributed by atoms with Crippen LogP contribution in [0.4, 0.5) is 26.3 Å². The number of aryl methyl sites for hydroxylation is 1. The molecule has 0 aliphatic rings. The van der Waals surface area contributed by atoms with Crippen LogP contribution in [-0.2, 0) is 19.4 Å². The fourth-order valence-corrected chi connectivity index (χ4v) is 2.26. The summed E-state index contributed by atoms with van der Waals surface area (Å²) >= 11 is 0. The summed E-state index contributed by atoms with van der Waals surface area (Å²) in [5.74, 6) is -0.823. The molecule has 0 saturated carbocycles. The number of halogens is 6. The fourth-order valence-electron chi connectivity index (χ4n) is 2.26. The average molecular weight is 404 g/mol. The Morgan fingerprint density at radius 2 is 1.64 bits per heavy atom. The van der Waals surface area contributed by atoms with Crippen LogP contribution in [-0.4, -0.2) is 25.6 Å². The van der Waals surface area contributed by atoms with Crippen LogP contribution in [0.1, 0.15) is 16.7 Å². The van der Waals surface area contributed by atoms with E-state index in [4.69, 9.17) is 10.6 Å². The number of nitrogens with zero attached hydrogens (tertiary/aromatic N) is 5. The van der Waals surface area contributed by atoms with E-state index in [9.17, 15) is 26.3 Å². The zero-order valence-corrected chi connectivity index (χ0v) is 13.9. The molecule has 0 unspecified atom stereocenters. The van der Waals surface area contributed by atoms with E-state index in [1.807, 2.05) is 0 Å². The van der Waals surface area contributed by atoms with Gasteiger partial charge in [-0.3, -0.25) is 4.68 Å². The van der Waals surface area contributed by atoms with E-state index >= 15 is 0 Å². The van der Waals surface area contributed by atoms with Crippen molar-refractivity contribution in [3.05, 3.63) is 47.4 Å². The Balaban J connectivity index is 2.00. The Morgan fingerprint density at radius 1 is 1.04 bits per heavy atom. The minimum atomic E-state index is -5.01. The quantitative estimate of drug-likeness (QED) is 0.314. The molecular formula is C15H10F6N6O. The molecule has 3 rings (SSSR count). The number of benzene rings is 1. The summed E-state index contributed by atoms with van der Waals surface area (Å²) in [6.45, 7) is 0. The van der Waals surface area contributed by atoms with E-state index in [-0.39, 0.29) is 11.9 Å². The minimum Gasteiger partial charge on any atom is -0.380 e. The van der Waals surface area contributed by atoms with Crippen LogP contribution in [0.3, 0.4) is 0 Å². The fraction of sp³-hybridized carbons (Fsp3) is 0.200. The van der Waals surface area contributed by atoms with Crippen molar-refractivity contribution in [2.75, 3.05) is 0 Å². The second-order valence-electron chi connectivity index (χ2n) is 5.55. The summed E-state index contributed by atoms with van der Waals surface area (Å²) in [6.07, 6.45) is -7.54. The molecule has 0 bridgehead atoms. The lowest BCUT2D eigenvalue weighted by Crippen LogP contribution is -2.19. The maximum Gasteiger partial charge on any atom is 0.416 e. The molecule has 148 valence electrons. The molecule has 0 amide bonds. The van der Waals surface area contributed by atoms with Crippen molar-refractivity contribution in [2.24, 2.45) is 17.9 Å². The number of hydrogen-bond donors (Lipinski definition) is 1. The molecule has 2 N–H and O–H groups in total. The number of aromatic nitrogens is 4. The molecule has 0 radical (unpaired) electrons. The van der Waals surface area contributed by atoms with Crippen LogP contribution >= 0.6 is 0 Å². The second-order valence-corrected chi connectivity index (χ2v) is 5.55. The highest BCUT2D eigenvalue weighted by molar-refractivity contribution is 5.97. The van der Waals surface area contributed by atoms with Gasteiger partial charge in [-0.15, -0.1) is 0 Å². The van der Waals surface area contributed by atoms with Crippen molar-refractivity contribution in [1.29, 1.82) is 0 Å². The van der Waals surface area contributed by atoms with Crippen LogP contribution in [0.5, 0.6) is 5.88 Å². The van der Waals surface area contributed by atoms with Crippen LogP contribution in [0.25, 0.3) is 11.0 Å². The van der Waals surface area contributed by atoms with Gasteiger partial charge in [-0.2, -0.15) is 36.4 Å². The van der Waals surface area contributed by atoms with Gasteiger partial charge in [0, 0.05) is 12.6 Å². The van der Waals surface area contributed by atoms with Gasteiger partial charge in [-0.25, -0.2) is 4.98 Å². The molecule has 13 heteroatoms.